The lowest BCUT2D eigenvalue weighted by molar-refractivity contribution is 0.683. The number of hydrogen-bond donors (Lipinski definition) is 0. The van der Waals surface area contributed by atoms with Crippen LogP contribution in [0.3, 0.4) is 0 Å². The van der Waals surface area contributed by atoms with Gasteiger partial charge in [-0.15, -0.1) is 6.58 Å². The van der Waals surface area contributed by atoms with Crippen molar-refractivity contribution < 1.29 is 0 Å². The van der Waals surface area contributed by atoms with Gasteiger partial charge in [-0.05, 0) is 39.0 Å². The maximum atomic E-state index is 3.72. The molecule has 0 unspecified atom stereocenters. The van der Waals surface area contributed by atoms with Gasteiger partial charge in [-0.1, -0.05) is 40.1 Å². The first kappa shape index (κ1) is 13.0. The molecule has 0 aromatic heterocycles. The van der Waals surface area contributed by atoms with Gasteiger partial charge in [0.2, 0.25) is 0 Å². The van der Waals surface area contributed by atoms with Crippen molar-refractivity contribution in [1.29, 1.82) is 0 Å². The Hall–Kier alpha value is -0.0400. The zero-order chi connectivity index (χ0) is 9.94. The fourth-order valence-corrected chi connectivity index (χ4v) is 1.50. The maximum Gasteiger partial charge on any atom is 0.00660 e. The van der Waals surface area contributed by atoms with Crippen LogP contribution in [0.1, 0.15) is 45.4 Å². The summed E-state index contributed by atoms with van der Waals surface area (Å²) in [7, 11) is 0. The van der Waals surface area contributed by atoms with Gasteiger partial charge in [0.05, 0.1) is 0 Å². The molecule has 0 bridgehead atoms. The number of halogens is 1. The number of unbranched alkanes of at least 4 members (excludes halogenated alkanes) is 3. The Bertz CT molecular complexity index is 147. The lowest BCUT2D eigenvalue weighted by atomic mass is 10.1. The van der Waals surface area contributed by atoms with E-state index in [9.17, 15) is 0 Å². The van der Waals surface area contributed by atoms with Crippen LogP contribution < -0.4 is 0 Å². The van der Waals surface area contributed by atoms with E-state index in [0.29, 0.717) is 0 Å². The van der Waals surface area contributed by atoms with Gasteiger partial charge in [0.1, 0.15) is 0 Å². The summed E-state index contributed by atoms with van der Waals surface area (Å²) in [6.45, 7) is 5.95. The monoisotopic (exact) mass is 244 g/mol. The molecule has 76 valence electrons. The summed E-state index contributed by atoms with van der Waals surface area (Å²) in [6.07, 6.45) is 11.9. The van der Waals surface area contributed by atoms with Crippen molar-refractivity contribution >= 4 is 15.9 Å². The minimum Gasteiger partial charge on any atom is -0.103 e. The van der Waals surface area contributed by atoms with E-state index in [4.69, 9.17) is 0 Å². The van der Waals surface area contributed by atoms with Gasteiger partial charge in [0.15, 0.2) is 0 Å². The molecule has 0 nitrogen and oxygen atoms in total. The van der Waals surface area contributed by atoms with Crippen molar-refractivity contribution in [3.63, 3.8) is 0 Å². The summed E-state index contributed by atoms with van der Waals surface area (Å²) in [5.74, 6) is 0. The summed E-state index contributed by atoms with van der Waals surface area (Å²) in [4.78, 5) is 0. The zero-order valence-electron chi connectivity index (χ0n) is 8.69. The fourth-order valence-electron chi connectivity index (χ4n) is 1.27. The van der Waals surface area contributed by atoms with Gasteiger partial charge in [-0.3, -0.25) is 0 Å². The van der Waals surface area contributed by atoms with Gasteiger partial charge in [0, 0.05) is 5.33 Å². The molecule has 0 saturated heterocycles. The Labute approximate surface area is 91.2 Å². The molecule has 0 aromatic carbocycles. The molecule has 0 radical (unpaired) electrons. The quantitative estimate of drug-likeness (QED) is 0.325. The first-order valence-electron chi connectivity index (χ1n) is 5.13. The van der Waals surface area contributed by atoms with Crippen molar-refractivity contribution in [3.8, 4) is 0 Å². The normalized spacial score (nSPS) is 11.7. The highest BCUT2D eigenvalue weighted by Crippen LogP contribution is 2.10. The van der Waals surface area contributed by atoms with Crippen molar-refractivity contribution in [2.75, 3.05) is 5.33 Å². The Kier molecular flexibility index (Phi) is 10.0. The van der Waals surface area contributed by atoms with Crippen LogP contribution in [0.25, 0.3) is 0 Å². The third kappa shape index (κ3) is 9.88. The van der Waals surface area contributed by atoms with Crippen LogP contribution in [0.2, 0.25) is 0 Å². The topological polar surface area (TPSA) is 0 Å². The minimum absolute atomic E-state index is 1.08. The van der Waals surface area contributed by atoms with Gasteiger partial charge >= 0.3 is 0 Å². The Morgan fingerprint density at radius 3 is 2.62 bits per heavy atom. The van der Waals surface area contributed by atoms with E-state index < -0.39 is 0 Å². The van der Waals surface area contributed by atoms with Crippen LogP contribution in [0.15, 0.2) is 24.3 Å². The largest absolute Gasteiger partial charge is 0.103 e. The number of hydrogen-bond acceptors (Lipinski definition) is 0. The van der Waals surface area contributed by atoms with Crippen molar-refractivity contribution in [1.82, 2.24) is 0 Å². The smallest absolute Gasteiger partial charge is 0.00660 e. The Morgan fingerprint density at radius 2 is 2.00 bits per heavy atom. The molecule has 0 spiro atoms. The predicted octanol–water partition coefficient (Wildman–Crippen LogP) is 4.85. The van der Waals surface area contributed by atoms with Crippen molar-refractivity contribution in [2.24, 2.45) is 0 Å². The lowest BCUT2D eigenvalue weighted by Gasteiger charge is -2.00. The van der Waals surface area contributed by atoms with E-state index in [1.807, 2.05) is 6.08 Å². The van der Waals surface area contributed by atoms with Crippen molar-refractivity contribution in [2.45, 2.75) is 45.4 Å². The average molecular weight is 245 g/mol. The van der Waals surface area contributed by atoms with Crippen LogP contribution in [0.5, 0.6) is 0 Å². The van der Waals surface area contributed by atoms with Crippen LogP contribution >= 0.6 is 15.9 Å². The molecule has 0 amide bonds. The van der Waals surface area contributed by atoms with Crippen LogP contribution in [-0.2, 0) is 0 Å². The highest BCUT2D eigenvalue weighted by atomic mass is 79.9. The molecule has 0 rings (SSSR count). The third-order valence-corrected chi connectivity index (χ3v) is 2.54. The summed E-state index contributed by atoms with van der Waals surface area (Å²) in [6, 6.07) is 0. The molecule has 0 aliphatic carbocycles. The first-order chi connectivity index (χ1) is 6.31. The summed E-state index contributed by atoms with van der Waals surface area (Å²) >= 11 is 3.42. The SMILES string of the molecule is C=CCCCCC/C(C)=C\CCBr. The summed E-state index contributed by atoms with van der Waals surface area (Å²) < 4.78 is 0. The fraction of sp³-hybridized carbons (Fsp3) is 0.667. The highest BCUT2D eigenvalue weighted by molar-refractivity contribution is 9.09. The second-order valence-electron chi connectivity index (χ2n) is 3.42. The molecular weight excluding hydrogens is 224 g/mol. The summed E-state index contributed by atoms with van der Waals surface area (Å²) in [5, 5.41) is 1.08. The van der Waals surface area contributed by atoms with Gasteiger partial charge in [0.25, 0.3) is 0 Å². The van der Waals surface area contributed by atoms with Gasteiger partial charge < -0.3 is 0 Å². The molecule has 0 atom stereocenters. The zero-order valence-corrected chi connectivity index (χ0v) is 10.3. The number of alkyl halides is 1. The van der Waals surface area contributed by atoms with E-state index in [2.05, 4.69) is 35.5 Å². The molecule has 0 saturated carbocycles. The lowest BCUT2D eigenvalue weighted by Crippen LogP contribution is -1.81. The molecule has 1 heteroatoms. The molecule has 13 heavy (non-hydrogen) atoms. The Balaban J connectivity index is 3.25. The highest BCUT2D eigenvalue weighted by Gasteiger charge is 1.90. The molecule has 0 aliphatic rings. The third-order valence-electron chi connectivity index (χ3n) is 2.08. The number of allylic oxidation sites excluding steroid dienone is 3. The molecule has 0 N–H and O–H groups in total. The van der Waals surface area contributed by atoms with Crippen LogP contribution in [-0.4, -0.2) is 5.33 Å². The average Bonchev–Trinajstić information content (AvgIpc) is 2.14. The second kappa shape index (κ2) is 10.0. The van der Waals surface area contributed by atoms with Gasteiger partial charge in [-0.25, -0.2) is 0 Å². The maximum absolute atomic E-state index is 3.72. The molecule has 0 aliphatic heterocycles. The van der Waals surface area contributed by atoms with E-state index in [1.54, 1.807) is 0 Å². The first-order valence-corrected chi connectivity index (χ1v) is 6.26. The van der Waals surface area contributed by atoms with E-state index >= 15 is 0 Å². The van der Waals surface area contributed by atoms with E-state index in [0.717, 1.165) is 5.33 Å². The molecule has 0 heterocycles. The van der Waals surface area contributed by atoms with Crippen LogP contribution in [0.4, 0.5) is 0 Å². The predicted molar refractivity (Wildman–Crippen MR) is 65.5 cm³/mol. The van der Waals surface area contributed by atoms with Crippen molar-refractivity contribution in [3.05, 3.63) is 24.3 Å². The molecule has 0 aromatic rings. The summed E-state index contributed by atoms with van der Waals surface area (Å²) in [5.41, 5.74) is 1.54. The van der Waals surface area contributed by atoms with Gasteiger partial charge in [-0.2, -0.15) is 0 Å². The van der Waals surface area contributed by atoms with Crippen LogP contribution in [0, 0.1) is 0 Å². The Morgan fingerprint density at radius 1 is 1.23 bits per heavy atom. The molecular formula is C12H21Br. The number of rotatable bonds is 8. The molecule has 0 fully saturated rings. The minimum atomic E-state index is 1.08. The van der Waals surface area contributed by atoms with E-state index in [-0.39, 0.29) is 0 Å². The second-order valence-corrected chi connectivity index (χ2v) is 4.21. The van der Waals surface area contributed by atoms with E-state index in [1.165, 1.54) is 44.1 Å². The standard InChI is InChI=1S/C12H21Br/c1-3-4-5-6-7-9-12(2)10-8-11-13/h3,10H,1,4-9,11H2,2H3/b12-10-.